The van der Waals surface area contributed by atoms with Crippen LogP contribution < -0.4 is 4.31 Å². The maximum Gasteiger partial charge on any atom is 0.264 e. The Kier molecular flexibility index (Phi) is 7.29. The van der Waals surface area contributed by atoms with Crippen molar-refractivity contribution in [3.8, 4) is 0 Å². The van der Waals surface area contributed by atoms with E-state index in [2.05, 4.69) is 17.0 Å². The first kappa shape index (κ1) is 23.9. The lowest BCUT2D eigenvalue weighted by atomic mass is 10.2. The van der Waals surface area contributed by atoms with E-state index >= 15 is 0 Å². The van der Waals surface area contributed by atoms with Gasteiger partial charge in [0.15, 0.2) is 0 Å². The Morgan fingerprint density at radius 3 is 2.15 bits per heavy atom. The van der Waals surface area contributed by atoms with Gasteiger partial charge in [0.2, 0.25) is 5.91 Å². The van der Waals surface area contributed by atoms with Crippen LogP contribution in [0.15, 0.2) is 83.8 Å². The summed E-state index contributed by atoms with van der Waals surface area (Å²) >= 11 is 0. The van der Waals surface area contributed by atoms with E-state index in [0.717, 1.165) is 16.4 Å². The summed E-state index contributed by atoms with van der Waals surface area (Å²) in [6.45, 7) is 4.53. The number of para-hydroxylation sites is 1. The maximum absolute atomic E-state index is 14.7. The Hall–Kier alpha value is -3.23. The first-order valence-electron chi connectivity index (χ1n) is 11.2. The van der Waals surface area contributed by atoms with E-state index in [-0.39, 0.29) is 16.5 Å². The monoisotopic (exact) mass is 481 g/mol. The van der Waals surface area contributed by atoms with Crippen molar-refractivity contribution in [3.63, 3.8) is 0 Å². The number of halogens is 1. The minimum atomic E-state index is -4.14. The van der Waals surface area contributed by atoms with Crippen LogP contribution in [0.1, 0.15) is 11.1 Å². The van der Waals surface area contributed by atoms with Crippen molar-refractivity contribution < 1.29 is 17.6 Å². The van der Waals surface area contributed by atoms with Crippen molar-refractivity contribution >= 4 is 21.6 Å². The zero-order chi connectivity index (χ0) is 24.1. The third kappa shape index (κ3) is 5.46. The highest BCUT2D eigenvalue weighted by Gasteiger charge is 2.31. The SMILES string of the molecule is Cc1ccc(S(=O)(=O)N(CC(=O)N2CCN(Cc3ccccc3)CC2)c2ccccc2F)cc1. The van der Waals surface area contributed by atoms with E-state index in [1.165, 1.54) is 35.9 Å². The van der Waals surface area contributed by atoms with Crippen molar-refractivity contribution in [1.29, 1.82) is 0 Å². The molecule has 0 radical (unpaired) electrons. The fourth-order valence-electron chi connectivity index (χ4n) is 4.01. The van der Waals surface area contributed by atoms with Crippen LogP contribution in [0.5, 0.6) is 0 Å². The second-order valence-electron chi connectivity index (χ2n) is 8.42. The number of rotatable bonds is 7. The lowest BCUT2D eigenvalue weighted by Crippen LogP contribution is -2.51. The Balaban J connectivity index is 1.50. The first-order valence-corrected chi connectivity index (χ1v) is 12.7. The van der Waals surface area contributed by atoms with Crippen LogP contribution in [0, 0.1) is 12.7 Å². The van der Waals surface area contributed by atoms with Crippen LogP contribution in [0.2, 0.25) is 0 Å². The number of carbonyl (C=O) groups is 1. The molecule has 1 fully saturated rings. The highest BCUT2D eigenvalue weighted by atomic mass is 32.2. The summed E-state index contributed by atoms with van der Waals surface area (Å²) in [5, 5.41) is 0. The van der Waals surface area contributed by atoms with Crippen molar-refractivity contribution in [2.75, 3.05) is 37.0 Å². The van der Waals surface area contributed by atoms with E-state index < -0.39 is 22.4 Å². The van der Waals surface area contributed by atoms with E-state index in [1.54, 1.807) is 23.1 Å². The van der Waals surface area contributed by atoms with Gasteiger partial charge in [0.05, 0.1) is 10.6 Å². The molecule has 1 heterocycles. The van der Waals surface area contributed by atoms with E-state index in [0.29, 0.717) is 26.2 Å². The molecule has 4 rings (SSSR count). The number of benzene rings is 3. The number of piperazine rings is 1. The summed E-state index contributed by atoms with van der Waals surface area (Å²) in [5.41, 5.74) is 1.97. The van der Waals surface area contributed by atoms with Gasteiger partial charge in [-0.3, -0.25) is 14.0 Å². The zero-order valence-corrected chi connectivity index (χ0v) is 19.9. The minimum Gasteiger partial charge on any atom is -0.339 e. The predicted molar refractivity (Wildman–Crippen MR) is 130 cm³/mol. The van der Waals surface area contributed by atoms with Gasteiger partial charge in [-0.05, 0) is 36.8 Å². The van der Waals surface area contributed by atoms with Crippen molar-refractivity contribution in [3.05, 3.63) is 95.8 Å². The number of hydrogen-bond acceptors (Lipinski definition) is 4. The average molecular weight is 482 g/mol. The van der Waals surface area contributed by atoms with E-state index in [1.807, 2.05) is 25.1 Å². The molecular weight excluding hydrogens is 453 g/mol. The fourth-order valence-corrected chi connectivity index (χ4v) is 5.43. The van der Waals surface area contributed by atoms with Gasteiger partial charge in [-0.2, -0.15) is 0 Å². The summed E-state index contributed by atoms with van der Waals surface area (Å²) in [5.74, 6) is -1.04. The van der Waals surface area contributed by atoms with Crippen molar-refractivity contribution in [1.82, 2.24) is 9.80 Å². The Labute approximate surface area is 200 Å². The van der Waals surface area contributed by atoms with E-state index in [9.17, 15) is 17.6 Å². The first-order chi connectivity index (χ1) is 16.3. The number of hydrogen-bond donors (Lipinski definition) is 0. The van der Waals surface area contributed by atoms with Crippen LogP contribution >= 0.6 is 0 Å². The second-order valence-corrected chi connectivity index (χ2v) is 10.3. The van der Waals surface area contributed by atoms with Gasteiger partial charge in [0.25, 0.3) is 10.0 Å². The molecule has 8 heteroatoms. The summed E-state index contributed by atoms with van der Waals surface area (Å²) in [6, 6.07) is 22.1. The van der Waals surface area contributed by atoms with Gasteiger partial charge in [-0.15, -0.1) is 0 Å². The molecule has 1 saturated heterocycles. The quantitative estimate of drug-likeness (QED) is 0.517. The molecule has 1 aliphatic heterocycles. The number of aryl methyl sites for hydroxylation is 1. The van der Waals surface area contributed by atoms with Crippen molar-refractivity contribution in [2.45, 2.75) is 18.4 Å². The lowest BCUT2D eigenvalue weighted by Gasteiger charge is -2.36. The standard InChI is InChI=1S/C26H28FN3O3S/c1-21-11-13-23(14-12-21)34(32,33)30(25-10-6-5-9-24(25)27)20-26(31)29-17-15-28(16-18-29)19-22-7-3-2-4-8-22/h2-14H,15-20H2,1H3. The normalized spacial score (nSPS) is 14.7. The zero-order valence-electron chi connectivity index (χ0n) is 19.1. The molecule has 3 aromatic rings. The summed E-state index contributed by atoms with van der Waals surface area (Å²) < 4.78 is 42.4. The molecule has 34 heavy (non-hydrogen) atoms. The molecule has 178 valence electrons. The van der Waals surface area contributed by atoms with Gasteiger partial charge >= 0.3 is 0 Å². The second kappa shape index (κ2) is 10.4. The highest BCUT2D eigenvalue weighted by molar-refractivity contribution is 7.92. The molecule has 0 bridgehead atoms. The minimum absolute atomic E-state index is 0.0156. The smallest absolute Gasteiger partial charge is 0.264 e. The van der Waals surface area contributed by atoms with Crippen molar-refractivity contribution in [2.24, 2.45) is 0 Å². The van der Waals surface area contributed by atoms with E-state index in [4.69, 9.17) is 0 Å². The number of nitrogens with zero attached hydrogens (tertiary/aromatic N) is 3. The molecular formula is C26H28FN3O3S. The maximum atomic E-state index is 14.7. The molecule has 0 atom stereocenters. The molecule has 3 aromatic carbocycles. The molecule has 0 N–H and O–H groups in total. The Morgan fingerprint density at radius 1 is 0.882 bits per heavy atom. The third-order valence-electron chi connectivity index (χ3n) is 5.98. The summed E-state index contributed by atoms with van der Waals surface area (Å²) in [4.78, 5) is 17.1. The Bertz CT molecular complexity index is 1230. The van der Waals surface area contributed by atoms with Gasteiger partial charge in [0.1, 0.15) is 12.4 Å². The predicted octanol–water partition coefficient (Wildman–Crippen LogP) is 3.67. The molecule has 0 spiro atoms. The summed E-state index contributed by atoms with van der Waals surface area (Å²) in [7, 11) is -4.14. The number of carbonyl (C=O) groups excluding carboxylic acids is 1. The molecule has 0 unspecified atom stereocenters. The van der Waals surface area contributed by atoms with Crippen LogP contribution in [0.4, 0.5) is 10.1 Å². The molecule has 0 saturated carbocycles. The molecule has 1 aliphatic rings. The summed E-state index contributed by atoms with van der Waals surface area (Å²) in [6.07, 6.45) is 0. The van der Waals surface area contributed by atoms with Crippen LogP contribution in [-0.2, 0) is 21.4 Å². The average Bonchev–Trinajstić information content (AvgIpc) is 2.84. The number of anilines is 1. The Morgan fingerprint density at radius 2 is 1.50 bits per heavy atom. The van der Waals surface area contributed by atoms with Crippen LogP contribution in [-0.4, -0.2) is 56.8 Å². The number of sulfonamides is 1. The topological polar surface area (TPSA) is 60.9 Å². The molecule has 0 aliphatic carbocycles. The fraction of sp³-hybridized carbons (Fsp3) is 0.269. The number of amides is 1. The van der Waals surface area contributed by atoms with Crippen LogP contribution in [0.3, 0.4) is 0 Å². The largest absolute Gasteiger partial charge is 0.339 e. The molecule has 0 aromatic heterocycles. The van der Waals surface area contributed by atoms with Gasteiger partial charge in [-0.1, -0.05) is 60.2 Å². The highest BCUT2D eigenvalue weighted by Crippen LogP contribution is 2.26. The van der Waals surface area contributed by atoms with Gasteiger partial charge in [-0.25, -0.2) is 12.8 Å². The molecule has 1 amide bonds. The lowest BCUT2D eigenvalue weighted by molar-refractivity contribution is -0.131. The molecule has 6 nitrogen and oxygen atoms in total. The van der Waals surface area contributed by atoms with Gasteiger partial charge in [0, 0.05) is 32.7 Å². The third-order valence-corrected chi connectivity index (χ3v) is 7.76. The van der Waals surface area contributed by atoms with Crippen LogP contribution in [0.25, 0.3) is 0 Å². The van der Waals surface area contributed by atoms with Gasteiger partial charge < -0.3 is 4.90 Å².